The van der Waals surface area contributed by atoms with E-state index in [0.717, 1.165) is 16.9 Å². The Morgan fingerprint density at radius 2 is 1.74 bits per heavy atom. The zero-order chi connectivity index (χ0) is 22.4. The van der Waals surface area contributed by atoms with E-state index in [-0.39, 0.29) is 24.6 Å². The predicted octanol–water partition coefficient (Wildman–Crippen LogP) is 4.33. The Balaban J connectivity index is 1.75. The Morgan fingerprint density at radius 3 is 2.42 bits per heavy atom. The third-order valence-electron chi connectivity index (χ3n) is 5.15. The van der Waals surface area contributed by atoms with Gasteiger partial charge in [0, 0.05) is 24.0 Å². The van der Waals surface area contributed by atoms with Crippen molar-refractivity contribution in [2.45, 2.75) is 58.7 Å². The Kier molecular flexibility index (Phi) is 7.80. The number of aryl methyl sites for hydroxylation is 1. The van der Waals surface area contributed by atoms with Crippen LogP contribution in [0.4, 0.5) is 0 Å². The molecule has 0 bridgehead atoms. The molecule has 0 saturated heterocycles. The van der Waals surface area contributed by atoms with Gasteiger partial charge in [-0.25, -0.2) is 0 Å². The van der Waals surface area contributed by atoms with E-state index in [4.69, 9.17) is 21.1 Å². The van der Waals surface area contributed by atoms with Crippen LogP contribution in [0.25, 0.3) is 0 Å². The van der Waals surface area contributed by atoms with E-state index in [1.165, 1.54) is 0 Å². The van der Waals surface area contributed by atoms with Gasteiger partial charge in [-0.3, -0.25) is 9.59 Å². The second-order valence-corrected chi connectivity index (χ2v) is 8.36. The largest absolute Gasteiger partial charge is 0.454 e. The number of carbonyl (C=O) groups excluding carboxylic acids is 2. The molecule has 1 N–H and O–H groups in total. The quantitative estimate of drug-likeness (QED) is 0.625. The highest BCUT2D eigenvalue weighted by Crippen LogP contribution is 2.32. The zero-order valence-corrected chi connectivity index (χ0v) is 18.9. The van der Waals surface area contributed by atoms with Crippen molar-refractivity contribution >= 4 is 23.4 Å². The van der Waals surface area contributed by atoms with E-state index in [9.17, 15) is 9.59 Å². The fourth-order valence-corrected chi connectivity index (χ4v) is 3.70. The van der Waals surface area contributed by atoms with Crippen molar-refractivity contribution in [3.05, 3.63) is 58.6 Å². The maximum Gasteiger partial charge on any atom is 0.243 e. The summed E-state index contributed by atoms with van der Waals surface area (Å²) in [5.74, 6) is 1.21. The minimum Gasteiger partial charge on any atom is -0.454 e. The van der Waals surface area contributed by atoms with Gasteiger partial charge in [-0.05, 0) is 62.1 Å². The summed E-state index contributed by atoms with van der Waals surface area (Å²) in [4.78, 5) is 27.8. The molecule has 0 saturated carbocycles. The summed E-state index contributed by atoms with van der Waals surface area (Å²) in [7, 11) is 0. The maximum atomic E-state index is 13.3. The maximum absolute atomic E-state index is 13.3. The molecule has 1 aliphatic heterocycles. The van der Waals surface area contributed by atoms with E-state index in [1.807, 2.05) is 51.1 Å². The van der Waals surface area contributed by atoms with E-state index < -0.39 is 6.04 Å². The summed E-state index contributed by atoms with van der Waals surface area (Å²) < 4.78 is 10.8. The zero-order valence-electron chi connectivity index (χ0n) is 18.2. The molecule has 3 rings (SSSR count). The van der Waals surface area contributed by atoms with Crippen LogP contribution < -0.4 is 14.8 Å². The minimum atomic E-state index is -0.540. The molecule has 0 aromatic heterocycles. The lowest BCUT2D eigenvalue weighted by atomic mass is 10.1. The van der Waals surface area contributed by atoms with Gasteiger partial charge in [-0.2, -0.15) is 0 Å². The number of hydrogen-bond donors (Lipinski definition) is 1. The summed E-state index contributed by atoms with van der Waals surface area (Å²) in [5.41, 5.74) is 1.92. The highest BCUT2D eigenvalue weighted by Gasteiger charge is 2.28. The van der Waals surface area contributed by atoms with E-state index >= 15 is 0 Å². The van der Waals surface area contributed by atoms with Crippen LogP contribution in [0.2, 0.25) is 5.02 Å². The van der Waals surface area contributed by atoms with Crippen molar-refractivity contribution in [1.29, 1.82) is 0 Å². The SMILES string of the molecule is CCC(C(=O)NC(C)C)N(Cc1ccc(Cl)cc1)C(=O)CCc1ccc2c(c1)OCO2. The standard InChI is InChI=1S/C24H29ClN2O4/c1-4-20(24(29)26-16(2)3)27(14-18-5-9-19(25)10-6-18)23(28)12-8-17-7-11-21-22(13-17)31-15-30-21/h5-7,9-11,13,16,20H,4,8,12,14-15H2,1-3H3,(H,26,29). The molecule has 166 valence electrons. The molecular weight excluding hydrogens is 416 g/mol. The van der Waals surface area contributed by atoms with Gasteiger partial charge >= 0.3 is 0 Å². The highest BCUT2D eigenvalue weighted by molar-refractivity contribution is 6.30. The van der Waals surface area contributed by atoms with Crippen LogP contribution in [0.15, 0.2) is 42.5 Å². The summed E-state index contributed by atoms with van der Waals surface area (Å²) in [6, 6.07) is 12.5. The number of nitrogens with zero attached hydrogens (tertiary/aromatic N) is 1. The molecule has 2 amide bonds. The Morgan fingerprint density at radius 1 is 1.06 bits per heavy atom. The minimum absolute atomic E-state index is 0.00247. The number of benzene rings is 2. The number of halogens is 1. The molecule has 0 spiro atoms. The summed E-state index contributed by atoms with van der Waals surface area (Å²) in [6.07, 6.45) is 1.37. The predicted molar refractivity (Wildman–Crippen MR) is 120 cm³/mol. The van der Waals surface area contributed by atoms with Crippen LogP contribution in [0.1, 0.15) is 44.7 Å². The first kappa shape index (κ1) is 22.9. The second-order valence-electron chi connectivity index (χ2n) is 7.92. The Bertz CT molecular complexity index is 914. The first-order valence-corrected chi connectivity index (χ1v) is 11.0. The molecule has 31 heavy (non-hydrogen) atoms. The molecule has 1 aliphatic rings. The fraction of sp³-hybridized carbons (Fsp3) is 0.417. The smallest absolute Gasteiger partial charge is 0.243 e. The number of rotatable bonds is 9. The van der Waals surface area contributed by atoms with Crippen LogP contribution in [0, 0.1) is 0 Å². The first-order chi connectivity index (χ1) is 14.9. The van der Waals surface area contributed by atoms with E-state index in [1.54, 1.807) is 17.0 Å². The molecule has 6 nitrogen and oxygen atoms in total. The molecular formula is C24H29ClN2O4. The number of carbonyl (C=O) groups is 2. The molecule has 0 fully saturated rings. The molecule has 1 atom stereocenters. The van der Waals surface area contributed by atoms with Crippen LogP contribution >= 0.6 is 11.6 Å². The van der Waals surface area contributed by atoms with Crippen molar-refractivity contribution in [2.24, 2.45) is 0 Å². The molecule has 2 aromatic carbocycles. The lowest BCUT2D eigenvalue weighted by Gasteiger charge is -2.31. The highest BCUT2D eigenvalue weighted by atomic mass is 35.5. The topological polar surface area (TPSA) is 67.9 Å². The number of ether oxygens (including phenoxy) is 2. The molecule has 2 aromatic rings. The van der Waals surface area contributed by atoms with Crippen molar-refractivity contribution < 1.29 is 19.1 Å². The molecule has 0 radical (unpaired) electrons. The number of amides is 2. The molecule has 0 aliphatic carbocycles. The normalized spacial score (nSPS) is 13.2. The van der Waals surface area contributed by atoms with Crippen LogP contribution in [-0.4, -0.2) is 35.6 Å². The van der Waals surface area contributed by atoms with Crippen molar-refractivity contribution in [3.63, 3.8) is 0 Å². The van der Waals surface area contributed by atoms with Crippen LogP contribution in [0.5, 0.6) is 11.5 Å². The van der Waals surface area contributed by atoms with Crippen molar-refractivity contribution in [2.75, 3.05) is 6.79 Å². The van der Waals surface area contributed by atoms with Crippen molar-refractivity contribution in [3.8, 4) is 11.5 Å². The van der Waals surface area contributed by atoms with E-state index in [0.29, 0.717) is 36.6 Å². The Labute approximate surface area is 188 Å². The van der Waals surface area contributed by atoms with Gasteiger partial charge in [0.25, 0.3) is 0 Å². The number of fused-ring (bicyclic) bond motifs is 1. The first-order valence-electron chi connectivity index (χ1n) is 10.6. The third kappa shape index (κ3) is 6.14. The van der Waals surface area contributed by atoms with Gasteiger partial charge in [0.1, 0.15) is 6.04 Å². The third-order valence-corrected chi connectivity index (χ3v) is 5.40. The van der Waals surface area contributed by atoms with Crippen LogP contribution in [-0.2, 0) is 22.6 Å². The molecule has 7 heteroatoms. The van der Waals surface area contributed by atoms with Crippen molar-refractivity contribution in [1.82, 2.24) is 10.2 Å². The van der Waals surface area contributed by atoms with Gasteiger partial charge < -0.3 is 19.7 Å². The molecule has 1 heterocycles. The van der Waals surface area contributed by atoms with Gasteiger partial charge in [0.15, 0.2) is 11.5 Å². The van der Waals surface area contributed by atoms with Gasteiger partial charge in [-0.15, -0.1) is 0 Å². The lowest BCUT2D eigenvalue weighted by molar-refractivity contribution is -0.141. The number of hydrogen-bond acceptors (Lipinski definition) is 4. The Hall–Kier alpha value is -2.73. The lowest BCUT2D eigenvalue weighted by Crippen LogP contribution is -2.50. The number of nitrogens with one attached hydrogen (secondary N) is 1. The fourth-order valence-electron chi connectivity index (χ4n) is 3.58. The van der Waals surface area contributed by atoms with Gasteiger partial charge in [0.2, 0.25) is 18.6 Å². The average molecular weight is 445 g/mol. The monoisotopic (exact) mass is 444 g/mol. The second kappa shape index (κ2) is 10.5. The average Bonchev–Trinajstić information content (AvgIpc) is 3.20. The van der Waals surface area contributed by atoms with Gasteiger partial charge in [-0.1, -0.05) is 36.7 Å². The summed E-state index contributed by atoms with van der Waals surface area (Å²) in [5, 5.41) is 3.58. The van der Waals surface area contributed by atoms with E-state index in [2.05, 4.69) is 5.32 Å². The summed E-state index contributed by atoms with van der Waals surface area (Å²) >= 11 is 6.00. The van der Waals surface area contributed by atoms with Gasteiger partial charge in [0.05, 0.1) is 0 Å². The molecule has 1 unspecified atom stereocenters. The summed E-state index contributed by atoms with van der Waals surface area (Å²) in [6.45, 7) is 6.31. The van der Waals surface area contributed by atoms with Crippen LogP contribution in [0.3, 0.4) is 0 Å².